The quantitative estimate of drug-likeness (QED) is 0.405. The van der Waals surface area contributed by atoms with Crippen molar-refractivity contribution in [3.05, 3.63) is 75.8 Å². The molecule has 0 saturated heterocycles. The first-order valence-electron chi connectivity index (χ1n) is 7.29. The van der Waals surface area contributed by atoms with E-state index in [-0.39, 0.29) is 5.69 Å². The molecule has 1 atom stereocenters. The molecule has 0 aromatic heterocycles. The van der Waals surface area contributed by atoms with Crippen LogP contribution in [-0.2, 0) is 5.60 Å². The molecule has 0 saturated carbocycles. The van der Waals surface area contributed by atoms with Crippen LogP contribution in [0.25, 0.3) is 0 Å². The van der Waals surface area contributed by atoms with Crippen molar-refractivity contribution in [2.75, 3.05) is 0 Å². The Balaban J connectivity index is 2.57. The van der Waals surface area contributed by atoms with Gasteiger partial charge < -0.3 is 5.11 Å². The molecule has 0 fully saturated rings. The lowest BCUT2D eigenvalue weighted by Crippen LogP contribution is -2.27. The number of aliphatic hydroxyl groups is 1. The largest absolute Gasteiger partial charge is 0.369 e. The van der Waals surface area contributed by atoms with Crippen molar-refractivity contribution in [2.45, 2.75) is 25.2 Å². The van der Waals surface area contributed by atoms with Gasteiger partial charge in [-0.15, -0.1) is 5.54 Å². The van der Waals surface area contributed by atoms with Gasteiger partial charge in [0, 0.05) is 23.3 Å². The number of non-ortho nitro benzene ring substituents is 1. The highest BCUT2D eigenvalue weighted by Crippen LogP contribution is 2.30. The van der Waals surface area contributed by atoms with Crippen LogP contribution in [0.15, 0.2) is 54.6 Å². The molecule has 5 heteroatoms. The van der Waals surface area contributed by atoms with Crippen LogP contribution >= 0.6 is 0 Å². The third-order valence-corrected chi connectivity index (χ3v) is 4.18. The number of hydrogen-bond donors (Lipinski definition) is 1. The highest BCUT2D eigenvalue weighted by atomic mass is 28.3. The Morgan fingerprint density at radius 2 is 1.52 bits per heavy atom. The predicted molar refractivity (Wildman–Crippen MR) is 93.7 cm³/mol. The van der Waals surface area contributed by atoms with Crippen LogP contribution in [0.2, 0.25) is 19.6 Å². The monoisotopic (exact) mass is 325 g/mol. The van der Waals surface area contributed by atoms with E-state index in [0.29, 0.717) is 11.1 Å². The lowest BCUT2D eigenvalue weighted by Gasteiger charge is -2.24. The molecule has 2 aromatic rings. The highest BCUT2D eigenvalue weighted by Gasteiger charge is 2.30. The highest BCUT2D eigenvalue weighted by molar-refractivity contribution is 6.83. The van der Waals surface area contributed by atoms with Crippen molar-refractivity contribution in [3.8, 4) is 11.5 Å². The van der Waals surface area contributed by atoms with Crippen LogP contribution in [0.1, 0.15) is 11.1 Å². The zero-order chi connectivity index (χ0) is 17.1. The van der Waals surface area contributed by atoms with Crippen LogP contribution in [-0.4, -0.2) is 18.1 Å². The minimum atomic E-state index is -1.69. The predicted octanol–water partition coefficient (Wildman–Crippen LogP) is 3.71. The molecule has 1 N–H and O–H groups in total. The van der Waals surface area contributed by atoms with Gasteiger partial charge in [-0.2, -0.15) is 0 Å². The van der Waals surface area contributed by atoms with Crippen molar-refractivity contribution in [1.82, 2.24) is 0 Å². The van der Waals surface area contributed by atoms with Crippen LogP contribution in [0.3, 0.4) is 0 Å². The van der Waals surface area contributed by atoms with E-state index >= 15 is 0 Å². The molecule has 118 valence electrons. The van der Waals surface area contributed by atoms with E-state index in [1.165, 1.54) is 12.1 Å². The molecule has 4 nitrogen and oxygen atoms in total. The fourth-order valence-corrected chi connectivity index (χ4v) is 2.65. The smallest absolute Gasteiger partial charge is 0.269 e. The summed E-state index contributed by atoms with van der Waals surface area (Å²) in [5.74, 6) is 3.01. The molecule has 0 aliphatic carbocycles. The molecule has 0 amide bonds. The first-order chi connectivity index (χ1) is 10.7. The van der Waals surface area contributed by atoms with Gasteiger partial charge in [0.05, 0.1) is 4.92 Å². The van der Waals surface area contributed by atoms with Crippen LogP contribution < -0.4 is 0 Å². The average Bonchev–Trinajstić information content (AvgIpc) is 2.53. The number of nitrogens with zero attached hydrogens (tertiary/aromatic N) is 1. The summed E-state index contributed by atoms with van der Waals surface area (Å²) in [6, 6.07) is 15.0. The third-order valence-electron chi connectivity index (χ3n) is 3.31. The van der Waals surface area contributed by atoms with Gasteiger partial charge in [0.25, 0.3) is 5.69 Å². The second-order valence-electron chi connectivity index (χ2n) is 6.38. The van der Waals surface area contributed by atoms with Crippen molar-refractivity contribution < 1.29 is 10.0 Å². The molecule has 0 bridgehead atoms. The van der Waals surface area contributed by atoms with E-state index in [0.717, 1.165) is 0 Å². The Labute approximate surface area is 137 Å². The van der Waals surface area contributed by atoms with E-state index < -0.39 is 18.6 Å². The molecule has 1 unspecified atom stereocenters. The molecule has 0 aliphatic rings. The zero-order valence-electron chi connectivity index (χ0n) is 13.4. The number of benzene rings is 2. The molecular weight excluding hydrogens is 306 g/mol. The Hall–Kier alpha value is -2.42. The van der Waals surface area contributed by atoms with Crippen molar-refractivity contribution in [3.63, 3.8) is 0 Å². The Bertz CT molecular complexity index is 755. The number of nitro groups is 1. The average molecular weight is 325 g/mol. The van der Waals surface area contributed by atoms with Gasteiger partial charge in [-0.05, 0) is 12.1 Å². The first-order valence-corrected chi connectivity index (χ1v) is 10.8. The number of rotatable bonds is 3. The van der Waals surface area contributed by atoms with Gasteiger partial charge in [0.1, 0.15) is 8.07 Å². The summed E-state index contributed by atoms with van der Waals surface area (Å²) < 4.78 is 0. The fraction of sp³-hybridized carbons (Fsp3) is 0.222. The summed E-state index contributed by atoms with van der Waals surface area (Å²) in [6.45, 7) is 6.30. The Kier molecular flexibility index (Phi) is 4.69. The normalized spacial score (nSPS) is 13.6. The molecule has 0 aliphatic heterocycles. The van der Waals surface area contributed by atoms with Crippen LogP contribution in [0.5, 0.6) is 0 Å². The SMILES string of the molecule is C[Si](C)(C)C#CC(O)(c1ccccc1)c1ccc([N+](=O)[O-])cc1. The second-order valence-corrected chi connectivity index (χ2v) is 11.1. The maximum Gasteiger partial charge on any atom is 0.269 e. The molecule has 0 spiro atoms. The van der Waals surface area contributed by atoms with Gasteiger partial charge in [0.2, 0.25) is 0 Å². The summed E-state index contributed by atoms with van der Waals surface area (Å²) in [7, 11) is -1.69. The second kappa shape index (κ2) is 6.37. The fourth-order valence-electron chi connectivity index (χ4n) is 2.09. The standard InChI is InChI=1S/C18H19NO3Si/c1-23(2,3)14-13-18(20,15-7-5-4-6-8-15)16-9-11-17(12-10-16)19(21)22/h4-12,20H,1-3H3. The van der Waals surface area contributed by atoms with Crippen molar-refractivity contribution in [1.29, 1.82) is 0 Å². The Morgan fingerprint density at radius 3 is 2.00 bits per heavy atom. The summed E-state index contributed by atoms with van der Waals surface area (Å²) in [6.07, 6.45) is 0. The van der Waals surface area contributed by atoms with Gasteiger partial charge in [-0.3, -0.25) is 10.1 Å². The topological polar surface area (TPSA) is 63.4 Å². The van der Waals surface area contributed by atoms with Crippen molar-refractivity contribution in [2.24, 2.45) is 0 Å². The van der Waals surface area contributed by atoms with E-state index in [1.54, 1.807) is 24.3 Å². The number of hydrogen-bond acceptors (Lipinski definition) is 3. The summed E-state index contributed by atoms with van der Waals surface area (Å²) >= 11 is 0. The first kappa shape index (κ1) is 16.9. The van der Waals surface area contributed by atoms with E-state index in [2.05, 4.69) is 31.1 Å². The minimum absolute atomic E-state index is 0.0117. The lowest BCUT2D eigenvalue weighted by atomic mass is 9.87. The van der Waals surface area contributed by atoms with E-state index in [1.807, 2.05) is 18.2 Å². The summed E-state index contributed by atoms with van der Waals surface area (Å²) in [4.78, 5) is 10.4. The van der Waals surface area contributed by atoms with Gasteiger partial charge in [-0.25, -0.2) is 0 Å². The van der Waals surface area contributed by atoms with Crippen LogP contribution in [0, 0.1) is 21.6 Å². The molecule has 0 heterocycles. The molecule has 23 heavy (non-hydrogen) atoms. The molecule has 0 radical (unpaired) electrons. The maximum atomic E-state index is 11.2. The maximum absolute atomic E-state index is 11.2. The van der Waals surface area contributed by atoms with Crippen molar-refractivity contribution >= 4 is 13.8 Å². The van der Waals surface area contributed by atoms with E-state index in [4.69, 9.17) is 0 Å². The third kappa shape index (κ3) is 4.06. The van der Waals surface area contributed by atoms with E-state index in [9.17, 15) is 15.2 Å². The van der Waals surface area contributed by atoms with Gasteiger partial charge in [0.15, 0.2) is 5.60 Å². The lowest BCUT2D eigenvalue weighted by molar-refractivity contribution is -0.384. The van der Waals surface area contributed by atoms with Crippen LogP contribution in [0.4, 0.5) is 5.69 Å². The summed E-state index contributed by atoms with van der Waals surface area (Å²) in [5, 5.41) is 22.0. The zero-order valence-corrected chi connectivity index (χ0v) is 14.4. The Morgan fingerprint density at radius 1 is 1.00 bits per heavy atom. The molecule has 2 rings (SSSR count). The van der Waals surface area contributed by atoms with Gasteiger partial charge >= 0.3 is 0 Å². The summed E-state index contributed by atoms with van der Waals surface area (Å²) in [5.41, 5.74) is 2.89. The minimum Gasteiger partial charge on any atom is -0.369 e. The van der Waals surface area contributed by atoms with Gasteiger partial charge in [-0.1, -0.05) is 55.9 Å². The molecular formula is C18H19NO3Si. The molecule has 2 aromatic carbocycles. The number of nitro benzene ring substituents is 1.